The minimum absolute atomic E-state index is 0.0556. The molecule has 1 aromatic carbocycles. The predicted octanol–water partition coefficient (Wildman–Crippen LogP) is -0.369. The normalized spacial score (nSPS) is 20.5. The summed E-state index contributed by atoms with van der Waals surface area (Å²) in [4.78, 5) is 43.8. The quantitative estimate of drug-likeness (QED) is 0.764. The number of nitrogens with zero attached hydrogens (tertiary/aromatic N) is 4. The molecule has 4 amide bonds. The molecule has 4 rings (SSSR count). The third kappa shape index (κ3) is 2.72. The second-order valence-electron chi connectivity index (χ2n) is 6.31. The maximum Gasteiger partial charge on any atom is 0.331 e. The number of nitrogens with one attached hydrogen (secondary N) is 1. The Morgan fingerprint density at radius 1 is 1.23 bits per heavy atom. The molecular weight excluding hydrogens is 336 g/mol. The highest BCUT2D eigenvalue weighted by Gasteiger charge is 2.42. The number of piperazine rings is 1. The third-order valence-corrected chi connectivity index (χ3v) is 4.74. The van der Waals surface area contributed by atoms with E-state index in [1.165, 1.54) is 9.91 Å². The van der Waals surface area contributed by atoms with Gasteiger partial charge in [0.05, 0.1) is 18.6 Å². The molecule has 2 aliphatic heterocycles. The van der Waals surface area contributed by atoms with E-state index in [1.807, 2.05) is 30.3 Å². The number of para-hydroxylation sites is 1. The van der Waals surface area contributed by atoms with Crippen molar-refractivity contribution in [3.05, 3.63) is 42.1 Å². The Bertz CT molecular complexity index is 896. The van der Waals surface area contributed by atoms with Gasteiger partial charge in [-0.3, -0.25) is 14.6 Å². The van der Waals surface area contributed by atoms with Crippen LogP contribution in [0, 0.1) is 0 Å². The first-order valence-electron chi connectivity index (χ1n) is 8.26. The van der Waals surface area contributed by atoms with Gasteiger partial charge >= 0.3 is 6.03 Å². The summed E-state index contributed by atoms with van der Waals surface area (Å²) in [5, 5.41) is 2.20. The lowest BCUT2D eigenvalue weighted by molar-refractivity contribution is -0.161. The van der Waals surface area contributed by atoms with Gasteiger partial charge in [-0.25, -0.2) is 15.2 Å². The molecule has 0 aliphatic carbocycles. The van der Waals surface area contributed by atoms with E-state index in [4.69, 9.17) is 5.73 Å². The van der Waals surface area contributed by atoms with Crippen LogP contribution < -0.4 is 11.2 Å². The number of amides is 4. The Kier molecular flexibility index (Phi) is 3.92. The van der Waals surface area contributed by atoms with Gasteiger partial charge in [0, 0.05) is 18.1 Å². The smallest absolute Gasteiger partial charge is 0.331 e. The van der Waals surface area contributed by atoms with Gasteiger partial charge in [-0.1, -0.05) is 24.3 Å². The highest BCUT2D eigenvalue weighted by molar-refractivity contribution is 5.89. The predicted molar refractivity (Wildman–Crippen MR) is 92.1 cm³/mol. The van der Waals surface area contributed by atoms with Crippen molar-refractivity contribution >= 4 is 28.7 Å². The first-order valence-corrected chi connectivity index (χ1v) is 8.26. The van der Waals surface area contributed by atoms with Crippen LogP contribution in [0.4, 0.5) is 4.79 Å². The van der Waals surface area contributed by atoms with Crippen LogP contribution in [0.2, 0.25) is 0 Å². The van der Waals surface area contributed by atoms with Gasteiger partial charge in [-0.15, -0.1) is 0 Å². The second-order valence-corrected chi connectivity index (χ2v) is 6.31. The number of aromatic nitrogens is 1. The lowest BCUT2D eigenvalue weighted by atomic mass is 10.1. The van der Waals surface area contributed by atoms with Crippen LogP contribution in [-0.2, 0) is 16.1 Å². The van der Waals surface area contributed by atoms with E-state index in [2.05, 4.69) is 10.4 Å². The van der Waals surface area contributed by atoms with Crippen molar-refractivity contribution in [3.8, 4) is 0 Å². The van der Waals surface area contributed by atoms with Crippen molar-refractivity contribution < 1.29 is 14.4 Å². The molecular formula is C17H18N6O3. The minimum atomic E-state index is -0.686. The van der Waals surface area contributed by atoms with E-state index in [9.17, 15) is 14.4 Å². The molecule has 0 bridgehead atoms. The minimum Gasteiger partial charge on any atom is -0.350 e. The summed E-state index contributed by atoms with van der Waals surface area (Å²) in [6, 6.07) is 8.94. The Morgan fingerprint density at radius 2 is 2.04 bits per heavy atom. The highest BCUT2D eigenvalue weighted by atomic mass is 16.2. The maximum absolute atomic E-state index is 12.6. The van der Waals surface area contributed by atoms with Crippen molar-refractivity contribution in [2.45, 2.75) is 12.7 Å². The van der Waals surface area contributed by atoms with Crippen LogP contribution in [0.1, 0.15) is 5.56 Å². The Balaban J connectivity index is 1.62. The summed E-state index contributed by atoms with van der Waals surface area (Å²) >= 11 is 0. The highest BCUT2D eigenvalue weighted by Crippen LogP contribution is 2.22. The molecule has 2 aliphatic rings. The van der Waals surface area contributed by atoms with Crippen molar-refractivity contribution in [2.75, 3.05) is 19.6 Å². The molecule has 2 fully saturated rings. The van der Waals surface area contributed by atoms with Crippen molar-refractivity contribution in [2.24, 2.45) is 5.73 Å². The molecule has 9 heteroatoms. The fraction of sp³-hybridized carbons (Fsp3) is 0.294. The molecule has 1 atom stereocenters. The zero-order chi connectivity index (χ0) is 18.3. The number of primary amides is 1. The van der Waals surface area contributed by atoms with E-state index in [-0.39, 0.29) is 31.4 Å². The number of urea groups is 1. The molecule has 2 saturated heterocycles. The van der Waals surface area contributed by atoms with Crippen LogP contribution >= 0.6 is 0 Å². The van der Waals surface area contributed by atoms with E-state index < -0.39 is 12.2 Å². The zero-order valence-electron chi connectivity index (χ0n) is 14.0. The van der Waals surface area contributed by atoms with Gasteiger partial charge in [-0.2, -0.15) is 0 Å². The molecule has 0 spiro atoms. The average Bonchev–Trinajstić information content (AvgIpc) is 2.63. The van der Waals surface area contributed by atoms with Crippen LogP contribution in [0.3, 0.4) is 0 Å². The third-order valence-electron chi connectivity index (χ3n) is 4.74. The molecule has 1 unspecified atom stereocenters. The van der Waals surface area contributed by atoms with Crippen LogP contribution in [-0.4, -0.2) is 63.4 Å². The van der Waals surface area contributed by atoms with Crippen LogP contribution in [0.5, 0.6) is 0 Å². The van der Waals surface area contributed by atoms with Gasteiger partial charge in [0.15, 0.2) is 0 Å². The Labute approximate surface area is 149 Å². The van der Waals surface area contributed by atoms with Gasteiger partial charge in [0.1, 0.15) is 12.7 Å². The Hall–Kier alpha value is -3.20. The lowest BCUT2D eigenvalue weighted by Gasteiger charge is -2.48. The van der Waals surface area contributed by atoms with E-state index in [0.717, 1.165) is 16.5 Å². The van der Waals surface area contributed by atoms with Crippen molar-refractivity contribution in [1.82, 2.24) is 25.2 Å². The van der Waals surface area contributed by atoms with Crippen molar-refractivity contribution in [1.29, 1.82) is 0 Å². The molecule has 0 saturated carbocycles. The standard InChI is InChI=1S/C17H18N6O3/c18-17(26)23-13-9-21(15(25)10-22(13)14(24)7-20-23)8-12-4-1-3-11-5-2-6-19-16(11)12/h1-6,13,20H,7-10H2,(H2,18,26). The zero-order valence-corrected chi connectivity index (χ0v) is 14.0. The molecule has 2 aromatic rings. The largest absolute Gasteiger partial charge is 0.350 e. The number of hydrazine groups is 1. The van der Waals surface area contributed by atoms with Gasteiger partial charge in [-0.05, 0) is 11.6 Å². The summed E-state index contributed by atoms with van der Waals surface area (Å²) in [5.41, 5.74) is 9.85. The number of benzene rings is 1. The number of carbonyl (C=O) groups is 3. The second kappa shape index (κ2) is 6.26. The Morgan fingerprint density at radius 3 is 2.85 bits per heavy atom. The molecule has 26 heavy (non-hydrogen) atoms. The van der Waals surface area contributed by atoms with Gasteiger partial charge in [0.25, 0.3) is 0 Å². The summed E-state index contributed by atoms with van der Waals surface area (Å²) in [6.45, 7) is 0.398. The molecule has 9 nitrogen and oxygen atoms in total. The lowest BCUT2D eigenvalue weighted by Crippen LogP contribution is -2.72. The first kappa shape index (κ1) is 16.3. The first-order chi connectivity index (χ1) is 12.5. The molecule has 3 heterocycles. The summed E-state index contributed by atoms with van der Waals surface area (Å²) < 4.78 is 0. The number of hydrogen-bond acceptors (Lipinski definition) is 5. The van der Waals surface area contributed by atoms with Crippen molar-refractivity contribution in [3.63, 3.8) is 0 Å². The number of fused-ring (bicyclic) bond motifs is 2. The molecule has 0 radical (unpaired) electrons. The summed E-state index contributed by atoms with van der Waals surface area (Å²) in [6.07, 6.45) is 1.10. The maximum atomic E-state index is 12.6. The average molecular weight is 354 g/mol. The molecule has 134 valence electrons. The SMILES string of the molecule is NC(=O)N1NCC(=O)N2CC(=O)N(Cc3cccc4cccnc34)CC21. The summed E-state index contributed by atoms with van der Waals surface area (Å²) in [5.74, 6) is -0.402. The van der Waals surface area contributed by atoms with E-state index >= 15 is 0 Å². The number of nitrogens with two attached hydrogens (primary N) is 1. The van der Waals surface area contributed by atoms with Gasteiger partial charge < -0.3 is 15.5 Å². The number of hydrogen-bond donors (Lipinski definition) is 2. The fourth-order valence-electron chi connectivity index (χ4n) is 3.46. The van der Waals surface area contributed by atoms with Crippen LogP contribution in [0.25, 0.3) is 10.9 Å². The fourth-order valence-corrected chi connectivity index (χ4v) is 3.46. The van der Waals surface area contributed by atoms with Gasteiger partial charge in [0.2, 0.25) is 11.8 Å². The molecule has 3 N–H and O–H groups in total. The topological polar surface area (TPSA) is 112 Å². The number of rotatable bonds is 2. The monoisotopic (exact) mass is 354 g/mol. The van der Waals surface area contributed by atoms with E-state index in [0.29, 0.717) is 6.54 Å². The van der Waals surface area contributed by atoms with E-state index in [1.54, 1.807) is 11.1 Å². The summed E-state index contributed by atoms with van der Waals surface area (Å²) in [7, 11) is 0. The number of carbonyl (C=O) groups excluding carboxylic acids is 3. The number of pyridine rings is 1. The van der Waals surface area contributed by atoms with Crippen LogP contribution in [0.15, 0.2) is 36.5 Å². The molecule has 1 aromatic heterocycles.